The molecule has 1 saturated heterocycles. The second kappa shape index (κ2) is 12.8. The summed E-state index contributed by atoms with van der Waals surface area (Å²) in [6.07, 6.45) is -3.84. The standard InChI is InChI=1S/C28H35FN3O9PS/c1-17(24(35)38-16-27(2,3)4)31-42(37,41-19-10-8-18(9-11-19)21-7-6-14-43-21)39-15-20-23(34)28(5,29)25(40-20)32-13-12-22(33)30-26(32)36/h6-14,17,20,23,25,34H,15-16H2,1-5H3,(H,31,37)(H,30,33,36)/t17-,20?,23+,25+,28+,42?/m0/s1. The Balaban J connectivity index is 1.53. The van der Waals surface area contributed by atoms with Crippen molar-refractivity contribution in [2.24, 2.45) is 5.41 Å². The van der Waals surface area contributed by atoms with Gasteiger partial charge in [-0.05, 0) is 60.5 Å². The molecule has 2 aromatic heterocycles. The van der Waals surface area contributed by atoms with Gasteiger partial charge in [-0.1, -0.05) is 26.8 Å². The first-order chi connectivity index (χ1) is 20.1. The van der Waals surface area contributed by atoms with Crippen molar-refractivity contribution in [2.75, 3.05) is 13.2 Å². The molecule has 15 heteroatoms. The molecule has 0 radical (unpaired) electrons. The van der Waals surface area contributed by atoms with Gasteiger partial charge in [0.25, 0.3) is 5.56 Å². The number of aromatic nitrogens is 2. The van der Waals surface area contributed by atoms with E-state index >= 15 is 4.39 Å². The zero-order chi connectivity index (χ0) is 31.6. The van der Waals surface area contributed by atoms with Crippen LogP contribution >= 0.6 is 19.1 Å². The van der Waals surface area contributed by atoms with E-state index in [0.29, 0.717) is 0 Å². The number of ether oxygens (including phenoxy) is 2. The van der Waals surface area contributed by atoms with Gasteiger partial charge >= 0.3 is 19.4 Å². The van der Waals surface area contributed by atoms with Gasteiger partial charge in [-0.15, -0.1) is 11.3 Å². The maximum atomic E-state index is 15.6. The number of alkyl halides is 1. The van der Waals surface area contributed by atoms with Gasteiger partial charge in [0.05, 0.1) is 13.2 Å². The maximum Gasteiger partial charge on any atom is 0.459 e. The molecule has 1 fully saturated rings. The van der Waals surface area contributed by atoms with Gasteiger partial charge in [0.15, 0.2) is 11.9 Å². The molecule has 0 amide bonds. The molecule has 1 aliphatic heterocycles. The van der Waals surface area contributed by atoms with Crippen LogP contribution in [-0.4, -0.2) is 57.8 Å². The van der Waals surface area contributed by atoms with Crippen LogP contribution in [0.1, 0.15) is 40.8 Å². The van der Waals surface area contributed by atoms with E-state index in [4.69, 9.17) is 18.5 Å². The summed E-state index contributed by atoms with van der Waals surface area (Å²) in [6.45, 7) is 7.55. The minimum Gasteiger partial charge on any atom is -0.464 e. The molecule has 12 nitrogen and oxygen atoms in total. The van der Waals surface area contributed by atoms with Gasteiger partial charge in [0, 0.05) is 17.1 Å². The van der Waals surface area contributed by atoms with Gasteiger partial charge in [-0.25, -0.2) is 13.8 Å². The third kappa shape index (κ3) is 8.08. The van der Waals surface area contributed by atoms with Gasteiger partial charge in [-0.2, -0.15) is 5.09 Å². The number of thiophene rings is 1. The highest BCUT2D eigenvalue weighted by molar-refractivity contribution is 7.52. The summed E-state index contributed by atoms with van der Waals surface area (Å²) in [7, 11) is -4.40. The number of hydrogen-bond donors (Lipinski definition) is 3. The Labute approximate surface area is 251 Å². The average Bonchev–Trinajstić information content (AvgIpc) is 3.54. The molecular weight excluding hydrogens is 604 g/mol. The molecule has 0 saturated carbocycles. The van der Waals surface area contributed by atoms with Crippen LogP contribution in [0, 0.1) is 5.41 Å². The van der Waals surface area contributed by atoms with Crippen LogP contribution in [0.25, 0.3) is 10.4 Å². The highest BCUT2D eigenvalue weighted by Gasteiger charge is 2.56. The van der Waals surface area contributed by atoms with E-state index < -0.39 is 61.7 Å². The van der Waals surface area contributed by atoms with Gasteiger partial charge in [-0.3, -0.25) is 23.7 Å². The fourth-order valence-electron chi connectivity index (χ4n) is 4.19. The largest absolute Gasteiger partial charge is 0.464 e. The lowest BCUT2D eigenvalue weighted by Gasteiger charge is -2.26. The summed E-state index contributed by atoms with van der Waals surface area (Å²) in [5.41, 5.74) is -3.55. The summed E-state index contributed by atoms with van der Waals surface area (Å²) in [5, 5.41) is 15.2. The molecule has 1 aromatic carbocycles. The van der Waals surface area contributed by atoms with E-state index in [1.54, 1.807) is 35.6 Å². The van der Waals surface area contributed by atoms with E-state index in [0.717, 1.165) is 34.2 Å². The molecule has 3 aromatic rings. The Hall–Kier alpha value is -3.13. The highest BCUT2D eigenvalue weighted by atomic mass is 32.1. The number of halogens is 1. The fraction of sp³-hybridized carbons (Fsp3) is 0.464. The molecule has 4 rings (SSSR count). The fourth-order valence-corrected chi connectivity index (χ4v) is 6.42. The summed E-state index contributed by atoms with van der Waals surface area (Å²) in [4.78, 5) is 39.4. The molecule has 234 valence electrons. The number of H-pyrrole nitrogens is 1. The van der Waals surface area contributed by atoms with E-state index in [-0.39, 0.29) is 17.8 Å². The number of aromatic amines is 1. The quantitative estimate of drug-likeness (QED) is 0.207. The second-order valence-corrected chi connectivity index (χ2v) is 14.2. The molecule has 1 aliphatic rings. The number of carbonyl (C=O) groups is 1. The lowest BCUT2D eigenvalue weighted by atomic mass is 9.98. The average molecular weight is 640 g/mol. The first kappa shape index (κ1) is 32.8. The summed E-state index contributed by atoms with van der Waals surface area (Å²) in [5.74, 6) is -0.561. The van der Waals surface area contributed by atoms with Crippen LogP contribution in [0.4, 0.5) is 4.39 Å². The Morgan fingerprint density at radius 1 is 1.26 bits per heavy atom. The Kier molecular flexibility index (Phi) is 9.79. The van der Waals surface area contributed by atoms with Crippen LogP contribution < -0.4 is 20.9 Å². The number of aliphatic hydroxyl groups excluding tert-OH is 1. The topological polar surface area (TPSA) is 158 Å². The number of esters is 1. The van der Waals surface area contributed by atoms with E-state index in [9.17, 15) is 24.1 Å². The van der Waals surface area contributed by atoms with Crippen molar-refractivity contribution < 1.29 is 37.4 Å². The van der Waals surface area contributed by atoms with Crippen molar-refractivity contribution in [3.63, 3.8) is 0 Å². The predicted molar refractivity (Wildman–Crippen MR) is 158 cm³/mol. The smallest absolute Gasteiger partial charge is 0.459 e. The van der Waals surface area contributed by atoms with Crippen LogP contribution in [0.3, 0.4) is 0 Å². The third-order valence-electron chi connectivity index (χ3n) is 6.47. The first-order valence-electron chi connectivity index (χ1n) is 13.4. The highest BCUT2D eigenvalue weighted by Crippen LogP contribution is 2.48. The minimum atomic E-state index is -4.40. The minimum absolute atomic E-state index is 0.108. The molecule has 3 N–H and O–H groups in total. The van der Waals surface area contributed by atoms with Gasteiger partial charge in [0.1, 0.15) is 24.0 Å². The van der Waals surface area contributed by atoms with Crippen molar-refractivity contribution in [1.29, 1.82) is 0 Å². The number of rotatable bonds is 11. The van der Waals surface area contributed by atoms with Crippen molar-refractivity contribution >= 4 is 25.1 Å². The van der Waals surface area contributed by atoms with E-state index in [2.05, 4.69) is 5.09 Å². The Morgan fingerprint density at radius 2 is 1.95 bits per heavy atom. The van der Waals surface area contributed by atoms with Gasteiger partial charge in [0.2, 0.25) is 0 Å². The summed E-state index contributed by atoms with van der Waals surface area (Å²) in [6, 6.07) is 10.4. The zero-order valence-corrected chi connectivity index (χ0v) is 26.0. The second-order valence-electron chi connectivity index (χ2n) is 11.5. The zero-order valence-electron chi connectivity index (χ0n) is 24.3. The monoisotopic (exact) mass is 639 g/mol. The first-order valence-corrected chi connectivity index (χ1v) is 15.9. The molecule has 3 heterocycles. The van der Waals surface area contributed by atoms with Crippen LogP contribution in [0.15, 0.2) is 63.6 Å². The lowest BCUT2D eigenvalue weighted by Crippen LogP contribution is -2.43. The molecular formula is C28H35FN3O9PS. The third-order valence-corrected chi connectivity index (χ3v) is 9.03. The number of benzene rings is 1. The number of hydrogen-bond acceptors (Lipinski definition) is 10. The molecule has 0 aliphatic carbocycles. The maximum absolute atomic E-state index is 15.6. The van der Waals surface area contributed by atoms with Gasteiger partial charge < -0.3 is 19.1 Å². The van der Waals surface area contributed by atoms with Crippen molar-refractivity contribution in [3.05, 3.63) is 74.9 Å². The summed E-state index contributed by atoms with van der Waals surface area (Å²) >= 11 is 1.54. The number of nitrogens with one attached hydrogen (secondary N) is 2. The van der Waals surface area contributed by atoms with Crippen LogP contribution in [0.2, 0.25) is 0 Å². The number of aliphatic hydroxyl groups is 1. The van der Waals surface area contributed by atoms with Crippen LogP contribution in [-0.2, 0) is 23.4 Å². The molecule has 0 bridgehead atoms. The molecule has 2 unspecified atom stereocenters. The lowest BCUT2D eigenvalue weighted by molar-refractivity contribution is -0.148. The van der Waals surface area contributed by atoms with Crippen LogP contribution in [0.5, 0.6) is 5.75 Å². The Bertz CT molecular complexity index is 1570. The predicted octanol–water partition coefficient (Wildman–Crippen LogP) is 4.02. The molecule has 6 atom stereocenters. The molecule has 43 heavy (non-hydrogen) atoms. The van der Waals surface area contributed by atoms with Crippen molar-refractivity contribution in [2.45, 2.75) is 64.8 Å². The number of carbonyl (C=O) groups excluding carboxylic acids is 1. The molecule has 0 spiro atoms. The normalized spacial score (nSPS) is 24.3. The van der Waals surface area contributed by atoms with E-state index in [1.165, 1.54) is 6.92 Å². The SMILES string of the molecule is C[C@H](NP(=O)(OCC1O[C@@H](n2ccc(=O)[nH]c2=O)[C@](C)(F)[C@@H]1O)Oc1ccc(-c2cccs2)cc1)C(=O)OCC(C)(C)C. The Morgan fingerprint density at radius 3 is 2.56 bits per heavy atom. The van der Waals surface area contributed by atoms with Crippen molar-refractivity contribution in [3.8, 4) is 16.2 Å². The summed E-state index contributed by atoms with van der Waals surface area (Å²) < 4.78 is 52.7. The van der Waals surface area contributed by atoms with E-state index in [1.807, 2.05) is 43.3 Å². The number of nitrogens with zero attached hydrogens (tertiary/aromatic N) is 1. The van der Waals surface area contributed by atoms with Crippen molar-refractivity contribution in [1.82, 2.24) is 14.6 Å².